The number of ether oxygens (including phenoxy) is 1. The Morgan fingerprint density at radius 3 is 2.84 bits per heavy atom. The van der Waals surface area contributed by atoms with Crippen LogP contribution in [0.4, 0.5) is 4.79 Å². The number of likely N-dealkylation sites (tertiary alicyclic amines) is 1. The van der Waals surface area contributed by atoms with Gasteiger partial charge in [-0.15, -0.1) is 10.2 Å². The fourth-order valence-electron chi connectivity index (χ4n) is 3.52. The van der Waals surface area contributed by atoms with Crippen molar-refractivity contribution in [2.45, 2.75) is 58.7 Å². The van der Waals surface area contributed by atoms with Crippen LogP contribution in [0.1, 0.15) is 45.3 Å². The topological polar surface area (TPSA) is 128 Å². The van der Waals surface area contributed by atoms with Gasteiger partial charge in [-0.3, -0.25) is 14.1 Å². The monoisotopic (exact) mass is 427 g/mol. The van der Waals surface area contributed by atoms with Crippen LogP contribution in [0.15, 0.2) is 22.9 Å². The van der Waals surface area contributed by atoms with E-state index in [1.54, 1.807) is 38.3 Å². The smallest absolute Gasteiger partial charge is 0.410 e. The molecule has 0 aromatic carbocycles. The van der Waals surface area contributed by atoms with Crippen LogP contribution in [-0.2, 0) is 16.1 Å². The highest BCUT2D eigenvalue weighted by atomic mass is 16.6. The number of amides is 2. The van der Waals surface area contributed by atoms with Crippen molar-refractivity contribution in [3.63, 3.8) is 0 Å². The molecule has 1 saturated heterocycles. The summed E-state index contributed by atoms with van der Waals surface area (Å²) in [5.74, 6) is 1.17. The number of hydrogen-bond acceptors (Lipinski definition) is 8. The van der Waals surface area contributed by atoms with Crippen LogP contribution in [0.5, 0.6) is 0 Å². The van der Waals surface area contributed by atoms with E-state index >= 15 is 0 Å². The van der Waals surface area contributed by atoms with Crippen LogP contribution in [0.25, 0.3) is 17.1 Å². The van der Waals surface area contributed by atoms with E-state index in [4.69, 9.17) is 9.26 Å². The molecule has 0 bridgehead atoms. The van der Waals surface area contributed by atoms with Gasteiger partial charge in [0.05, 0.1) is 12.1 Å². The minimum absolute atomic E-state index is 0.158. The van der Waals surface area contributed by atoms with Crippen molar-refractivity contribution in [2.75, 3.05) is 6.54 Å². The molecule has 0 aliphatic carbocycles. The van der Waals surface area contributed by atoms with Gasteiger partial charge in [0.2, 0.25) is 5.91 Å². The third kappa shape index (κ3) is 4.35. The summed E-state index contributed by atoms with van der Waals surface area (Å²) in [4.78, 5) is 31.0. The minimum Gasteiger partial charge on any atom is -0.444 e. The van der Waals surface area contributed by atoms with Gasteiger partial charge in [0.1, 0.15) is 11.6 Å². The number of nitrogens with zero attached hydrogens (tertiary/aromatic N) is 6. The zero-order chi connectivity index (χ0) is 22.2. The van der Waals surface area contributed by atoms with E-state index in [1.807, 2.05) is 12.1 Å². The van der Waals surface area contributed by atoms with Crippen molar-refractivity contribution in [1.82, 2.24) is 35.0 Å². The molecule has 11 nitrogen and oxygen atoms in total. The van der Waals surface area contributed by atoms with Gasteiger partial charge in [-0.1, -0.05) is 5.16 Å². The minimum atomic E-state index is -0.615. The fourth-order valence-corrected chi connectivity index (χ4v) is 3.52. The lowest BCUT2D eigenvalue weighted by Gasteiger charge is -2.27. The summed E-state index contributed by atoms with van der Waals surface area (Å²) < 4.78 is 12.4. The van der Waals surface area contributed by atoms with Crippen LogP contribution in [0.3, 0.4) is 0 Å². The molecule has 1 N–H and O–H groups in total. The van der Waals surface area contributed by atoms with Gasteiger partial charge in [-0.05, 0) is 52.7 Å². The van der Waals surface area contributed by atoms with E-state index in [9.17, 15) is 9.59 Å². The van der Waals surface area contributed by atoms with Crippen molar-refractivity contribution in [3.05, 3.63) is 30.0 Å². The Bertz CT molecular complexity index is 1110. The summed E-state index contributed by atoms with van der Waals surface area (Å²) in [6.45, 7) is 7.79. The number of rotatable bonds is 4. The van der Waals surface area contributed by atoms with Gasteiger partial charge < -0.3 is 14.6 Å². The van der Waals surface area contributed by atoms with Gasteiger partial charge in [-0.2, -0.15) is 4.98 Å². The molecule has 0 spiro atoms. The van der Waals surface area contributed by atoms with Gasteiger partial charge in [0.25, 0.3) is 5.89 Å². The highest BCUT2D eigenvalue weighted by Crippen LogP contribution is 2.23. The summed E-state index contributed by atoms with van der Waals surface area (Å²) in [6.07, 6.45) is 2.66. The highest BCUT2D eigenvalue weighted by Gasteiger charge is 2.36. The molecule has 1 atom stereocenters. The number of carbonyl (C=O) groups excluding carboxylic acids is 2. The van der Waals surface area contributed by atoms with Crippen LogP contribution in [0.2, 0.25) is 0 Å². The second-order valence-electron chi connectivity index (χ2n) is 8.43. The summed E-state index contributed by atoms with van der Waals surface area (Å²) in [6, 6.07) is 3.07. The summed E-state index contributed by atoms with van der Waals surface area (Å²) in [7, 11) is 0. The maximum atomic E-state index is 12.8. The zero-order valence-corrected chi connectivity index (χ0v) is 18.0. The number of pyridine rings is 1. The van der Waals surface area contributed by atoms with E-state index in [0.29, 0.717) is 41.7 Å². The molecule has 3 aromatic heterocycles. The Labute approximate surface area is 178 Å². The molecule has 1 aliphatic heterocycles. The lowest BCUT2D eigenvalue weighted by Crippen LogP contribution is -2.47. The van der Waals surface area contributed by atoms with E-state index in [1.165, 1.54) is 4.90 Å². The van der Waals surface area contributed by atoms with Gasteiger partial charge >= 0.3 is 6.09 Å². The molecule has 11 heteroatoms. The molecule has 0 saturated carbocycles. The van der Waals surface area contributed by atoms with Crippen LogP contribution in [0, 0.1) is 6.92 Å². The van der Waals surface area contributed by atoms with Crippen molar-refractivity contribution < 1.29 is 18.8 Å². The Balaban J connectivity index is 1.47. The second-order valence-corrected chi connectivity index (χ2v) is 8.43. The van der Waals surface area contributed by atoms with E-state index in [-0.39, 0.29) is 12.5 Å². The maximum absolute atomic E-state index is 12.8. The standard InChI is InChI=1S/C20H25N7O4/c1-12-22-18(31-25-12)13-7-5-10-27-15(23-24-16(13)27)11-21-17(28)14-8-6-9-26(14)19(29)30-20(2,3)4/h5,7,10,14H,6,8-9,11H2,1-4H3,(H,21,28)/t14-/m0/s1. The lowest BCUT2D eigenvalue weighted by atomic mass is 10.2. The van der Waals surface area contributed by atoms with Crippen LogP contribution >= 0.6 is 0 Å². The third-order valence-electron chi connectivity index (χ3n) is 4.87. The number of aromatic nitrogens is 5. The molecule has 0 unspecified atom stereocenters. The predicted octanol–water partition coefficient (Wildman–Crippen LogP) is 2.10. The average molecular weight is 427 g/mol. The number of carbonyl (C=O) groups is 2. The molecular weight excluding hydrogens is 402 g/mol. The maximum Gasteiger partial charge on any atom is 0.410 e. The lowest BCUT2D eigenvalue weighted by molar-refractivity contribution is -0.125. The fraction of sp³-hybridized carbons (Fsp3) is 0.500. The summed E-state index contributed by atoms with van der Waals surface area (Å²) in [5, 5.41) is 15.1. The molecule has 4 heterocycles. The molecular formula is C20H25N7O4. The first-order valence-electron chi connectivity index (χ1n) is 10.1. The Kier molecular flexibility index (Phi) is 5.34. The molecule has 164 valence electrons. The van der Waals surface area contributed by atoms with Crippen molar-refractivity contribution in [2.24, 2.45) is 0 Å². The number of hydrogen-bond donors (Lipinski definition) is 1. The average Bonchev–Trinajstić information content (AvgIpc) is 3.44. The molecule has 4 rings (SSSR count). The Morgan fingerprint density at radius 2 is 2.13 bits per heavy atom. The Hall–Kier alpha value is -3.50. The second kappa shape index (κ2) is 7.97. The third-order valence-corrected chi connectivity index (χ3v) is 4.87. The van der Waals surface area contributed by atoms with Crippen molar-refractivity contribution >= 4 is 17.6 Å². The molecule has 1 fully saturated rings. The Morgan fingerprint density at radius 1 is 1.32 bits per heavy atom. The first-order valence-corrected chi connectivity index (χ1v) is 10.1. The quantitative estimate of drug-likeness (QED) is 0.670. The first kappa shape index (κ1) is 20.8. The van der Waals surface area contributed by atoms with Crippen molar-refractivity contribution in [1.29, 1.82) is 0 Å². The van der Waals surface area contributed by atoms with Gasteiger partial charge in [-0.25, -0.2) is 4.79 Å². The molecule has 1 aliphatic rings. The van der Waals surface area contributed by atoms with Crippen LogP contribution < -0.4 is 5.32 Å². The molecule has 3 aromatic rings. The normalized spacial score (nSPS) is 16.6. The molecule has 0 radical (unpaired) electrons. The van der Waals surface area contributed by atoms with Gasteiger partial charge in [0.15, 0.2) is 17.3 Å². The van der Waals surface area contributed by atoms with Gasteiger partial charge in [0, 0.05) is 12.7 Å². The highest BCUT2D eigenvalue weighted by molar-refractivity contribution is 5.86. The van der Waals surface area contributed by atoms with E-state index < -0.39 is 17.7 Å². The summed E-state index contributed by atoms with van der Waals surface area (Å²) >= 11 is 0. The van der Waals surface area contributed by atoms with E-state index in [2.05, 4.69) is 25.7 Å². The SMILES string of the molecule is Cc1noc(-c2cccn3c(CNC(=O)[C@@H]4CCCN4C(=O)OC(C)(C)C)nnc23)n1. The first-order chi connectivity index (χ1) is 14.7. The van der Waals surface area contributed by atoms with E-state index in [0.717, 1.165) is 6.42 Å². The summed E-state index contributed by atoms with van der Waals surface area (Å²) in [5.41, 5.74) is 0.585. The zero-order valence-electron chi connectivity index (χ0n) is 18.0. The number of fused-ring (bicyclic) bond motifs is 1. The van der Waals surface area contributed by atoms with Crippen LogP contribution in [-0.4, -0.2) is 59.8 Å². The molecule has 2 amide bonds. The predicted molar refractivity (Wildman–Crippen MR) is 109 cm³/mol. The number of aryl methyl sites for hydroxylation is 1. The molecule has 31 heavy (non-hydrogen) atoms. The number of nitrogens with one attached hydrogen (secondary N) is 1. The largest absolute Gasteiger partial charge is 0.444 e. The van der Waals surface area contributed by atoms with Crippen molar-refractivity contribution in [3.8, 4) is 11.5 Å².